The molecule has 0 radical (unpaired) electrons. The zero-order valence-electron chi connectivity index (χ0n) is 9.22. The number of aromatic hydroxyl groups is 1. The number of hydrogen-bond donors (Lipinski definition) is 1. The lowest BCUT2D eigenvalue weighted by Crippen LogP contribution is -1.85. The van der Waals surface area contributed by atoms with Gasteiger partial charge in [-0.1, -0.05) is 12.1 Å². The molecular formula is C12H11FN2O2. The number of benzene rings is 1. The third-order valence-corrected chi connectivity index (χ3v) is 3.07. The second kappa shape index (κ2) is 3.55. The molecule has 4 nitrogen and oxygen atoms in total. The molecule has 1 aromatic carbocycles. The first-order chi connectivity index (χ1) is 8.15. The highest BCUT2D eigenvalue weighted by atomic mass is 19.1. The number of halogens is 1. The summed E-state index contributed by atoms with van der Waals surface area (Å²) in [4.78, 5) is 4.22. The number of aromatic nitrogens is 2. The van der Waals surface area contributed by atoms with Gasteiger partial charge in [-0.05, 0) is 24.5 Å². The normalized spacial score (nSPS) is 22.7. The van der Waals surface area contributed by atoms with E-state index in [0.717, 1.165) is 12.5 Å². The molecule has 1 aliphatic carbocycles. The zero-order chi connectivity index (χ0) is 12.0. The van der Waals surface area contributed by atoms with Crippen LogP contribution in [0.15, 0.2) is 22.7 Å². The van der Waals surface area contributed by atoms with Gasteiger partial charge in [0.15, 0.2) is 5.82 Å². The van der Waals surface area contributed by atoms with Gasteiger partial charge < -0.3 is 9.63 Å². The van der Waals surface area contributed by atoms with E-state index >= 15 is 0 Å². The Labute approximate surface area is 97.1 Å². The minimum absolute atomic E-state index is 0.191. The van der Waals surface area contributed by atoms with Gasteiger partial charge in [-0.3, -0.25) is 0 Å². The highest BCUT2D eigenvalue weighted by Crippen LogP contribution is 2.46. The second-order valence-electron chi connectivity index (χ2n) is 4.44. The molecule has 1 aromatic heterocycles. The summed E-state index contributed by atoms with van der Waals surface area (Å²) < 4.78 is 17.9. The minimum atomic E-state index is -0.498. The van der Waals surface area contributed by atoms with E-state index in [9.17, 15) is 9.50 Å². The van der Waals surface area contributed by atoms with Crippen molar-refractivity contribution >= 4 is 0 Å². The van der Waals surface area contributed by atoms with Gasteiger partial charge in [0, 0.05) is 12.0 Å². The Kier molecular flexibility index (Phi) is 2.14. The molecule has 0 amide bonds. The first-order valence-corrected chi connectivity index (χ1v) is 5.47. The first-order valence-electron chi connectivity index (χ1n) is 5.47. The van der Waals surface area contributed by atoms with Crippen LogP contribution in [0.4, 0.5) is 4.39 Å². The smallest absolute Gasteiger partial charge is 0.261 e. The zero-order valence-corrected chi connectivity index (χ0v) is 9.22. The van der Waals surface area contributed by atoms with Gasteiger partial charge >= 0.3 is 0 Å². The number of hydrogen-bond acceptors (Lipinski definition) is 4. The van der Waals surface area contributed by atoms with Crippen LogP contribution < -0.4 is 0 Å². The van der Waals surface area contributed by atoms with Crippen LogP contribution in [0.1, 0.15) is 25.1 Å². The van der Waals surface area contributed by atoms with E-state index in [1.165, 1.54) is 12.1 Å². The van der Waals surface area contributed by atoms with Crippen LogP contribution in [-0.2, 0) is 0 Å². The summed E-state index contributed by atoms with van der Waals surface area (Å²) in [6, 6.07) is 3.70. The average Bonchev–Trinajstić information content (AvgIpc) is 2.83. The fraction of sp³-hybridized carbons (Fsp3) is 0.333. The fourth-order valence-electron chi connectivity index (χ4n) is 1.86. The van der Waals surface area contributed by atoms with Crippen molar-refractivity contribution in [2.24, 2.45) is 5.92 Å². The first kappa shape index (κ1) is 10.3. The maximum atomic E-state index is 12.8. The molecule has 0 spiro atoms. The third-order valence-electron chi connectivity index (χ3n) is 3.07. The number of nitrogens with zero attached hydrogens (tertiary/aromatic N) is 2. The molecule has 5 heteroatoms. The predicted molar refractivity (Wildman–Crippen MR) is 57.9 cm³/mol. The molecule has 1 fully saturated rings. The van der Waals surface area contributed by atoms with Crippen LogP contribution in [0.3, 0.4) is 0 Å². The molecule has 1 saturated carbocycles. The maximum Gasteiger partial charge on any atom is 0.261 e. The average molecular weight is 234 g/mol. The van der Waals surface area contributed by atoms with Crippen molar-refractivity contribution in [2.45, 2.75) is 19.3 Å². The Balaban J connectivity index is 1.95. The van der Waals surface area contributed by atoms with Crippen molar-refractivity contribution in [3.8, 4) is 17.2 Å². The van der Waals surface area contributed by atoms with Gasteiger partial charge in [-0.25, -0.2) is 4.39 Å². The topological polar surface area (TPSA) is 59.2 Å². The minimum Gasteiger partial charge on any atom is -0.507 e. The van der Waals surface area contributed by atoms with Gasteiger partial charge in [-0.2, -0.15) is 4.98 Å². The number of phenols is 1. The van der Waals surface area contributed by atoms with Crippen molar-refractivity contribution in [1.29, 1.82) is 0 Å². The monoisotopic (exact) mass is 234 g/mol. The van der Waals surface area contributed by atoms with E-state index in [1.807, 2.05) is 0 Å². The van der Waals surface area contributed by atoms with Gasteiger partial charge in [0.1, 0.15) is 11.6 Å². The molecule has 1 aliphatic rings. The van der Waals surface area contributed by atoms with Crippen molar-refractivity contribution in [3.63, 3.8) is 0 Å². The van der Waals surface area contributed by atoms with Crippen LogP contribution in [0.5, 0.6) is 5.75 Å². The summed E-state index contributed by atoms with van der Waals surface area (Å²) in [6.07, 6.45) is 1.06. The lowest BCUT2D eigenvalue weighted by molar-refractivity contribution is 0.416. The summed E-state index contributed by atoms with van der Waals surface area (Å²) in [7, 11) is 0. The SMILES string of the molecule is CC1CC1c1noc(-c2ccc(F)cc2O)n1. The van der Waals surface area contributed by atoms with E-state index in [4.69, 9.17) is 4.52 Å². The molecule has 2 atom stereocenters. The molecule has 1 N–H and O–H groups in total. The standard InChI is InChI=1S/C12H11FN2O2/c1-6-4-9(6)11-14-12(17-15-11)8-3-2-7(13)5-10(8)16/h2-3,5-6,9,16H,4H2,1H3. The van der Waals surface area contributed by atoms with Crippen LogP contribution in [0.25, 0.3) is 11.5 Å². The third kappa shape index (κ3) is 1.77. The largest absolute Gasteiger partial charge is 0.507 e. The molecule has 0 bridgehead atoms. The van der Waals surface area contributed by atoms with Crippen molar-refractivity contribution in [1.82, 2.24) is 10.1 Å². The quantitative estimate of drug-likeness (QED) is 0.867. The lowest BCUT2D eigenvalue weighted by atomic mass is 10.2. The maximum absolute atomic E-state index is 12.8. The molecule has 0 aliphatic heterocycles. The molecule has 3 rings (SSSR count). The van der Waals surface area contributed by atoms with E-state index in [0.29, 0.717) is 23.2 Å². The Hall–Kier alpha value is -1.91. The molecule has 2 aromatic rings. The van der Waals surface area contributed by atoms with Crippen molar-refractivity contribution in [2.75, 3.05) is 0 Å². The summed E-state index contributed by atoms with van der Waals surface area (Å²) in [5, 5.41) is 13.5. The Morgan fingerprint density at radius 2 is 2.24 bits per heavy atom. The fourth-order valence-corrected chi connectivity index (χ4v) is 1.86. The molecule has 88 valence electrons. The van der Waals surface area contributed by atoms with Gasteiger partial charge in [0.2, 0.25) is 0 Å². The van der Waals surface area contributed by atoms with Crippen LogP contribution in [0, 0.1) is 11.7 Å². The van der Waals surface area contributed by atoms with Gasteiger partial charge in [0.05, 0.1) is 5.56 Å². The summed E-state index contributed by atoms with van der Waals surface area (Å²) >= 11 is 0. The highest BCUT2D eigenvalue weighted by molar-refractivity contribution is 5.61. The van der Waals surface area contributed by atoms with Crippen LogP contribution in [0.2, 0.25) is 0 Å². The van der Waals surface area contributed by atoms with E-state index in [2.05, 4.69) is 17.1 Å². The molecule has 0 saturated heterocycles. The van der Waals surface area contributed by atoms with Crippen LogP contribution in [-0.4, -0.2) is 15.2 Å². The summed E-state index contributed by atoms with van der Waals surface area (Å²) in [6.45, 7) is 2.12. The number of phenolic OH excluding ortho intramolecular Hbond substituents is 1. The molecule has 1 heterocycles. The Morgan fingerprint density at radius 3 is 2.88 bits per heavy atom. The summed E-state index contributed by atoms with van der Waals surface area (Å²) in [5.41, 5.74) is 0.360. The van der Waals surface area contributed by atoms with Crippen LogP contribution >= 0.6 is 0 Å². The second-order valence-corrected chi connectivity index (χ2v) is 4.44. The molecule has 17 heavy (non-hydrogen) atoms. The van der Waals surface area contributed by atoms with E-state index < -0.39 is 5.82 Å². The Morgan fingerprint density at radius 1 is 1.47 bits per heavy atom. The highest BCUT2D eigenvalue weighted by Gasteiger charge is 2.38. The van der Waals surface area contributed by atoms with Crippen molar-refractivity contribution < 1.29 is 14.0 Å². The van der Waals surface area contributed by atoms with E-state index in [1.54, 1.807) is 0 Å². The number of rotatable bonds is 2. The molecular weight excluding hydrogens is 223 g/mol. The lowest BCUT2D eigenvalue weighted by Gasteiger charge is -1.98. The predicted octanol–water partition coefficient (Wildman–Crippen LogP) is 2.70. The van der Waals surface area contributed by atoms with Gasteiger partial charge in [-0.15, -0.1) is 0 Å². The Bertz CT molecular complexity index is 567. The summed E-state index contributed by atoms with van der Waals surface area (Å²) in [5.74, 6) is 1.15. The van der Waals surface area contributed by atoms with Gasteiger partial charge in [0.25, 0.3) is 5.89 Å². The molecule has 2 unspecified atom stereocenters. The van der Waals surface area contributed by atoms with Crippen molar-refractivity contribution in [3.05, 3.63) is 29.8 Å². The van der Waals surface area contributed by atoms with E-state index in [-0.39, 0.29) is 11.6 Å².